The SMILES string of the molecule is C[C@@H](O[Si](C)(C)C(C)(C)C)[C@H]1C(=O)N2C(C(=O)OC(C)(C)C)=C(CO)SS[C@H]12. The van der Waals surface area contributed by atoms with Crippen molar-refractivity contribution in [1.29, 1.82) is 0 Å². The highest BCUT2D eigenvalue weighted by atomic mass is 33.1. The molecule has 2 heterocycles. The summed E-state index contributed by atoms with van der Waals surface area (Å²) in [6.45, 7) is 17.8. The van der Waals surface area contributed by atoms with Crippen molar-refractivity contribution in [2.24, 2.45) is 5.92 Å². The molecule has 0 aromatic heterocycles. The lowest BCUT2D eigenvalue weighted by Crippen LogP contribution is -2.65. The molecule has 0 spiro atoms. The van der Waals surface area contributed by atoms with Crippen LogP contribution in [0.5, 0.6) is 0 Å². The summed E-state index contributed by atoms with van der Waals surface area (Å²) in [4.78, 5) is 27.7. The summed E-state index contributed by atoms with van der Waals surface area (Å²) < 4.78 is 11.9. The van der Waals surface area contributed by atoms with Gasteiger partial charge >= 0.3 is 5.97 Å². The van der Waals surface area contributed by atoms with Crippen LogP contribution < -0.4 is 0 Å². The van der Waals surface area contributed by atoms with Crippen molar-refractivity contribution in [1.82, 2.24) is 4.90 Å². The lowest BCUT2D eigenvalue weighted by Gasteiger charge is -2.52. The molecule has 28 heavy (non-hydrogen) atoms. The molecule has 0 aromatic rings. The van der Waals surface area contributed by atoms with E-state index in [-0.39, 0.29) is 40.6 Å². The molecule has 0 radical (unpaired) electrons. The van der Waals surface area contributed by atoms with Gasteiger partial charge in [-0.05, 0) is 45.8 Å². The molecule has 0 unspecified atom stereocenters. The number of aliphatic hydroxyl groups is 1. The molecule has 2 rings (SSSR count). The fraction of sp³-hybridized carbons (Fsp3) is 0.789. The lowest BCUT2D eigenvalue weighted by atomic mass is 9.92. The predicted molar refractivity (Wildman–Crippen MR) is 117 cm³/mol. The van der Waals surface area contributed by atoms with Crippen LogP contribution in [0.25, 0.3) is 0 Å². The molecule has 0 aliphatic carbocycles. The van der Waals surface area contributed by atoms with Crippen LogP contribution in [0.15, 0.2) is 10.6 Å². The minimum Gasteiger partial charge on any atom is -0.455 e. The fourth-order valence-electron chi connectivity index (χ4n) is 2.90. The van der Waals surface area contributed by atoms with E-state index in [2.05, 4.69) is 33.9 Å². The van der Waals surface area contributed by atoms with E-state index < -0.39 is 19.9 Å². The van der Waals surface area contributed by atoms with Crippen LogP contribution in [0.3, 0.4) is 0 Å². The van der Waals surface area contributed by atoms with Crippen LogP contribution in [-0.2, 0) is 18.8 Å². The van der Waals surface area contributed by atoms with E-state index in [9.17, 15) is 14.7 Å². The fourth-order valence-corrected chi connectivity index (χ4v) is 7.26. The number of aliphatic hydroxyl groups excluding tert-OH is 1. The molecule has 0 saturated carbocycles. The van der Waals surface area contributed by atoms with Gasteiger partial charge in [0, 0.05) is 0 Å². The maximum absolute atomic E-state index is 13.0. The average Bonchev–Trinajstić information content (AvgIpc) is 2.49. The van der Waals surface area contributed by atoms with E-state index in [4.69, 9.17) is 9.16 Å². The summed E-state index contributed by atoms with van der Waals surface area (Å²) in [5.41, 5.74) is -0.506. The summed E-state index contributed by atoms with van der Waals surface area (Å²) >= 11 is 0. The smallest absolute Gasteiger partial charge is 0.356 e. The van der Waals surface area contributed by atoms with E-state index in [1.54, 1.807) is 20.8 Å². The summed E-state index contributed by atoms with van der Waals surface area (Å²) in [6, 6.07) is 0. The summed E-state index contributed by atoms with van der Waals surface area (Å²) in [6.07, 6.45) is -0.238. The van der Waals surface area contributed by atoms with E-state index in [1.165, 1.54) is 26.5 Å². The van der Waals surface area contributed by atoms with Crippen LogP contribution in [0, 0.1) is 5.92 Å². The van der Waals surface area contributed by atoms with Gasteiger partial charge in [0.15, 0.2) is 8.32 Å². The molecule has 1 saturated heterocycles. The quantitative estimate of drug-likeness (QED) is 0.294. The van der Waals surface area contributed by atoms with Crippen LogP contribution in [0.2, 0.25) is 18.1 Å². The molecule has 6 nitrogen and oxygen atoms in total. The first-order valence-corrected chi connectivity index (χ1v) is 14.6. The lowest BCUT2D eigenvalue weighted by molar-refractivity contribution is -0.163. The Bertz CT molecular complexity index is 681. The second kappa shape index (κ2) is 7.98. The van der Waals surface area contributed by atoms with Gasteiger partial charge in [-0.15, -0.1) is 0 Å². The Kier molecular flexibility index (Phi) is 6.78. The number of esters is 1. The minimum absolute atomic E-state index is 0.0494. The van der Waals surface area contributed by atoms with Gasteiger partial charge in [-0.2, -0.15) is 0 Å². The zero-order chi connectivity index (χ0) is 21.7. The number of amides is 1. The highest BCUT2D eigenvalue weighted by Crippen LogP contribution is 2.54. The third-order valence-corrected chi connectivity index (χ3v) is 12.7. The Morgan fingerprint density at radius 2 is 1.82 bits per heavy atom. The van der Waals surface area contributed by atoms with Crippen LogP contribution in [0.4, 0.5) is 0 Å². The average molecular weight is 448 g/mol. The first-order chi connectivity index (χ1) is 12.6. The third kappa shape index (κ3) is 4.64. The number of hydrogen-bond donors (Lipinski definition) is 1. The Hall–Kier alpha value is -0.483. The van der Waals surface area contributed by atoms with Crippen molar-refractivity contribution in [2.75, 3.05) is 6.61 Å². The molecular formula is C19H33NO5S2Si. The van der Waals surface area contributed by atoms with Gasteiger partial charge < -0.3 is 14.3 Å². The molecule has 160 valence electrons. The molecule has 1 N–H and O–H groups in total. The molecule has 1 amide bonds. The van der Waals surface area contributed by atoms with Crippen molar-refractivity contribution in [3.8, 4) is 0 Å². The van der Waals surface area contributed by atoms with Crippen molar-refractivity contribution in [3.05, 3.63) is 10.6 Å². The summed E-state index contributed by atoms with van der Waals surface area (Å²) in [5, 5.41) is 9.53. The molecular weight excluding hydrogens is 414 g/mol. The van der Waals surface area contributed by atoms with E-state index >= 15 is 0 Å². The normalized spacial score (nSPS) is 24.6. The maximum Gasteiger partial charge on any atom is 0.356 e. The monoisotopic (exact) mass is 447 g/mol. The molecule has 1 fully saturated rings. The second-order valence-corrected chi connectivity index (χ2v) is 17.0. The first kappa shape index (κ1) is 23.8. The van der Waals surface area contributed by atoms with Gasteiger partial charge in [-0.1, -0.05) is 42.4 Å². The topological polar surface area (TPSA) is 76.1 Å². The Balaban J connectivity index is 2.23. The zero-order valence-corrected chi connectivity index (χ0v) is 20.9. The number of ether oxygens (including phenoxy) is 1. The van der Waals surface area contributed by atoms with Crippen LogP contribution >= 0.6 is 21.6 Å². The highest BCUT2D eigenvalue weighted by Gasteiger charge is 2.57. The number of β-lactam (4-membered cyclic amide) rings is 1. The Morgan fingerprint density at radius 3 is 2.29 bits per heavy atom. The number of fused-ring (bicyclic) bond motifs is 1. The van der Waals surface area contributed by atoms with Gasteiger partial charge in [0.2, 0.25) is 5.91 Å². The number of carbonyl (C=O) groups is 2. The van der Waals surface area contributed by atoms with Gasteiger partial charge in [0.25, 0.3) is 0 Å². The first-order valence-electron chi connectivity index (χ1n) is 9.52. The van der Waals surface area contributed by atoms with Crippen LogP contribution in [0.1, 0.15) is 48.5 Å². The summed E-state index contributed by atoms with van der Waals surface area (Å²) in [5.74, 6) is -1.03. The number of rotatable bonds is 5. The largest absolute Gasteiger partial charge is 0.455 e. The second-order valence-electron chi connectivity index (χ2n) is 9.82. The number of nitrogens with zero attached hydrogens (tertiary/aromatic N) is 1. The van der Waals surface area contributed by atoms with Gasteiger partial charge in [-0.3, -0.25) is 9.69 Å². The molecule has 2 aliphatic heterocycles. The molecule has 0 bridgehead atoms. The number of hydrogen-bond acceptors (Lipinski definition) is 7. The van der Waals surface area contributed by atoms with Crippen LogP contribution in [-0.4, -0.2) is 53.9 Å². The van der Waals surface area contributed by atoms with Crippen molar-refractivity contribution < 1.29 is 23.9 Å². The molecule has 9 heteroatoms. The van der Waals surface area contributed by atoms with Gasteiger partial charge in [0.1, 0.15) is 16.7 Å². The van der Waals surface area contributed by atoms with E-state index in [1.807, 2.05) is 6.92 Å². The van der Waals surface area contributed by atoms with Crippen molar-refractivity contribution in [3.63, 3.8) is 0 Å². The van der Waals surface area contributed by atoms with E-state index in [0.717, 1.165) is 0 Å². The molecule has 2 aliphatic rings. The minimum atomic E-state index is -2.02. The zero-order valence-electron chi connectivity index (χ0n) is 18.3. The Morgan fingerprint density at radius 1 is 1.25 bits per heavy atom. The standard InChI is InChI=1S/C19H33NO5S2Si/c1-11(25-28(8,9)19(5,6)7)13-15(22)20-14(17(23)24-18(2,3)4)12(10-21)26-27-16(13)20/h11,13,16,21H,10H2,1-9H3/t11-,13+,16-/m1/s1. The van der Waals surface area contributed by atoms with Gasteiger partial charge in [-0.25, -0.2) is 4.79 Å². The highest BCUT2D eigenvalue weighted by molar-refractivity contribution is 8.78. The van der Waals surface area contributed by atoms with Crippen molar-refractivity contribution in [2.45, 2.75) is 83.7 Å². The Labute approximate surface area is 177 Å². The molecule has 3 atom stereocenters. The predicted octanol–water partition coefficient (Wildman–Crippen LogP) is 4.12. The van der Waals surface area contributed by atoms with Gasteiger partial charge in [0.05, 0.1) is 23.5 Å². The molecule has 0 aromatic carbocycles. The van der Waals surface area contributed by atoms with E-state index in [0.29, 0.717) is 4.91 Å². The maximum atomic E-state index is 13.0. The summed E-state index contributed by atoms with van der Waals surface area (Å²) in [7, 11) is 0.812. The number of carbonyl (C=O) groups excluding carboxylic acids is 2. The third-order valence-electron chi connectivity index (χ3n) is 5.36. The van der Waals surface area contributed by atoms with Crippen molar-refractivity contribution >= 4 is 41.8 Å².